The minimum Gasteiger partial charge on any atom is -0.388 e. The first kappa shape index (κ1) is 13.2. The molecule has 1 unspecified atom stereocenters. The summed E-state index contributed by atoms with van der Waals surface area (Å²) in [6.07, 6.45) is -0.496. The van der Waals surface area contributed by atoms with Crippen molar-refractivity contribution >= 4 is 5.69 Å². The van der Waals surface area contributed by atoms with Crippen LogP contribution in [0.1, 0.15) is 22.8 Å². The maximum atomic E-state index is 11.0. The normalized spacial score (nSPS) is 12.1. The van der Waals surface area contributed by atoms with Crippen LogP contribution in [0.5, 0.6) is 0 Å². The predicted octanol–water partition coefficient (Wildman–Crippen LogP) is 3.18. The van der Waals surface area contributed by atoms with Gasteiger partial charge in [-0.2, -0.15) is 0 Å². The standard InChI is InChI=1S/C15H15NO3/c1-11-7-8-14(16(18)19)13(9-11)10-15(17)12-5-3-2-4-6-12/h2-9,15,17H,10H2,1H3. The number of nitro groups is 1. The smallest absolute Gasteiger partial charge is 0.272 e. The van der Waals surface area contributed by atoms with Crippen molar-refractivity contribution in [1.82, 2.24) is 0 Å². The van der Waals surface area contributed by atoms with Crippen molar-refractivity contribution in [2.45, 2.75) is 19.4 Å². The van der Waals surface area contributed by atoms with E-state index in [0.717, 1.165) is 11.1 Å². The van der Waals surface area contributed by atoms with Gasteiger partial charge in [0.25, 0.3) is 5.69 Å². The highest BCUT2D eigenvalue weighted by Gasteiger charge is 2.17. The molecule has 4 nitrogen and oxygen atoms in total. The molecule has 0 spiro atoms. The summed E-state index contributed by atoms with van der Waals surface area (Å²) < 4.78 is 0. The number of benzene rings is 2. The fraction of sp³-hybridized carbons (Fsp3) is 0.200. The van der Waals surface area contributed by atoms with Gasteiger partial charge < -0.3 is 5.11 Å². The van der Waals surface area contributed by atoms with Gasteiger partial charge in [0.2, 0.25) is 0 Å². The Morgan fingerprint density at radius 1 is 1.21 bits per heavy atom. The molecule has 0 heterocycles. The molecule has 2 aromatic rings. The lowest BCUT2D eigenvalue weighted by Gasteiger charge is -2.11. The van der Waals surface area contributed by atoms with Gasteiger partial charge in [-0.3, -0.25) is 10.1 Å². The molecule has 1 atom stereocenters. The van der Waals surface area contributed by atoms with E-state index < -0.39 is 11.0 Å². The highest BCUT2D eigenvalue weighted by Crippen LogP contribution is 2.25. The van der Waals surface area contributed by atoms with E-state index in [4.69, 9.17) is 0 Å². The molecule has 1 N–H and O–H groups in total. The molecule has 0 aliphatic carbocycles. The fourth-order valence-electron chi connectivity index (χ4n) is 2.06. The SMILES string of the molecule is Cc1ccc([N+](=O)[O-])c(CC(O)c2ccccc2)c1. The van der Waals surface area contributed by atoms with Crippen LogP contribution < -0.4 is 0 Å². The van der Waals surface area contributed by atoms with Crippen molar-refractivity contribution in [3.8, 4) is 0 Å². The number of aliphatic hydroxyl groups is 1. The summed E-state index contributed by atoms with van der Waals surface area (Å²) in [5.74, 6) is 0. The summed E-state index contributed by atoms with van der Waals surface area (Å²) in [6, 6.07) is 14.1. The first-order chi connectivity index (χ1) is 9.08. The van der Waals surface area contributed by atoms with Gasteiger partial charge in [0.05, 0.1) is 11.0 Å². The van der Waals surface area contributed by atoms with E-state index in [0.29, 0.717) is 5.56 Å². The van der Waals surface area contributed by atoms with E-state index in [9.17, 15) is 15.2 Å². The summed E-state index contributed by atoms with van der Waals surface area (Å²) in [7, 11) is 0. The van der Waals surface area contributed by atoms with Crippen molar-refractivity contribution in [3.05, 3.63) is 75.3 Å². The first-order valence-electron chi connectivity index (χ1n) is 6.05. The van der Waals surface area contributed by atoms with Gasteiger partial charge in [0.1, 0.15) is 0 Å². The van der Waals surface area contributed by atoms with Gasteiger partial charge >= 0.3 is 0 Å². The molecule has 0 saturated heterocycles. The molecule has 2 rings (SSSR count). The number of nitrogens with zero attached hydrogens (tertiary/aromatic N) is 1. The average Bonchev–Trinajstić information content (AvgIpc) is 2.39. The van der Waals surface area contributed by atoms with Gasteiger partial charge in [0.15, 0.2) is 0 Å². The third-order valence-corrected chi connectivity index (χ3v) is 3.03. The van der Waals surface area contributed by atoms with Gasteiger partial charge in [-0.1, -0.05) is 42.0 Å². The largest absolute Gasteiger partial charge is 0.388 e. The number of hydrogen-bond donors (Lipinski definition) is 1. The van der Waals surface area contributed by atoms with Crippen LogP contribution in [-0.2, 0) is 6.42 Å². The number of nitro benzene ring substituents is 1. The predicted molar refractivity (Wildman–Crippen MR) is 72.9 cm³/mol. The van der Waals surface area contributed by atoms with Crippen LogP contribution in [0.3, 0.4) is 0 Å². The van der Waals surface area contributed by atoms with Crippen molar-refractivity contribution in [2.24, 2.45) is 0 Å². The number of rotatable bonds is 4. The Bertz CT molecular complexity index is 581. The van der Waals surface area contributed by atoms with E-state index >= 15 is 0 Å². The first-order valence-corrected chi connectivity index (χ1v) is 6.05. The van der Waals surface area contributed by atoms with Crippen molar-refractivity contribution in [1.29, 1.82) is 0 Å². The minimum atomic E-state index is -0.735. The third-order valence-electron chi connectivity index (χ3n) is 3.03. The maximum absolute atomic E-state index is 11.0. The van der Waals surface area contributed by atoms with Crippen LogP contribution in [0.15, 0.2) is 48.5 Å². The van der Waals surface area contributed by atoms with Crippen LogP contribution in [0.25, 0.3) is 0 Å². The van der Waals surface area contributed by atoms with Crippen molar-refractivity contribution in [3.63, 3.8) is 0 Å². The fourth-order valence-corrected chi connectivity index (χ4v) is 2.06. The molecular weight excluding hydrogens is 242 g/mol. The van der Waals surface area contributed by atoms with E-state index in [2.05, 4.69) is 0 Å². The summed E-state index contributed by atoms with van der Waals surface area (Å²) in [4.78, 5) is 10.6. The molecule has 98 valence electrons. The zero-order valence-corrected chi connectivity index (χ0v) is 10.6. The Morgan fingerprint density at radius 3 is 2.53 bits per heavy atom. The maximum Gasteiger partial charge on any atom is 0.272 e. The van der Waals surface area contributed by atoms with Crippen LogP contribution in [0.2, 0.25) is 0 Å². The quantitative estimate of drug-likeness (QED) is 0.675. The topological polar surface area (TPSA) is 63.4 Å². The molecule has 0 saturated carbocycles. The van der Waals surface area contributed by atoms with E-state index in [1.165, 1.54) is 6.07 Å². The van der Waals surface area contributed by atoms with E-state index in [1.54, 1.807) is 12.1 Å². The van der Waals surface area contributed by atoms with Gasteiger partial charge in [0, 0.05) is 18.1 Å². The number of aryl methyl sites for hydroxylation is 1. The van der Waals surface area contributed by atoms with Crippen LogP contribution in [-0.4, -0.2) is 10.0 Å². The zero-order valence-electron chi connectivity index (χ0n) is 10.6. The second-order valence-corrected chi connectivity index (χ2v) is 4.52. The summed E-state index contributed by atoms with van der Waals surface area (Å²) in [5.41, 5.74) is 2.32. The number of hydrogen-bond acceptors (Lipinski definition) is 3. The van der Waals surface area contributed by atoms with Gasteiger partial charge in [-0.05, 0) is 18.6 Å². The highest BCUT2D eigenvalue weighted by atomic mass is 16.6. The molecule has 0 aliphatic rings. The summed E-state index contributed by atoms with van der Waals surface area (Å²) in [6.45, 7) is 1.88. The molecule has 0 bridgehead atoms. The molecular formula is C15H15NO3. The second-order valence-electron chi connectivity index (χ2n) is 4.52. The monoisotopic (exact) mass is 257 g/mol. The zero-order chi connectivity index (χ0) is 13.8. The Morgan fingerprint density at radius 2 is 1.89 bits per heavy atom. The third kappa shape index (κ3) is 3.17. The molecule has 0 amide bonds. The lowest BCUT2D eigenvalue weighted by Crippen LogP contribution is -2.04. The Hall–Kier alpha value is -2.20. The van der Waals surface area contributed by atoms with Gasteiger partial charge in [-0.25, -0.2) is 0 Å². The Kier molecular flexibility index (Phi) is 3.92. The molecule has 0 aliphatic heterocycles. The molecule has 0 fully saturated rings. The van der Waals surface area contributed by atoms with Crippen molar-refractivity contribution < 1.29 is 10.0 Å². The minimum absolute atomic E-state index is 0.0561. The molecule has 2 aromatic carbocycles. The Balaban J connectivity index is 2.28. The average molecular weight is 257 g/mol. The Labute approximate surface area is 111 Å². The molecule has 0 aromatic heterocycles. The van der Waals surface area contributed by atoms with Crippen molar-refractivity contribution in [2.75, 3.05) is 0 Å². The van der Waals surface area contributed by atoms with Crippen LogP contribution in [0.4, 0.5) is 5.69 Å². The second kappa shape index (κ2) is 5.63. The highest BCUT2D eigenvalue weighted by molar-refractivity contribution is 5.43. The van der Waals surface area contributed by atoms with Crippen LogP contribution in [0, 0.1) is 17.0 Å². The molecule has 0 radical (unpaired) electrons. The van der Waals surface area contributed by atoms with E-state index in [-0.39, 0.29) is 12.1 Å². The van der Waals surface area contributed by atoms with Crippen LogP contribution >= 0.6 is 0 Å². The molecule has 19 heavy (non-hydrogen) atoms. The number of aliphatic hydroxyl groups excluding tert-OH is 1. The molecule has 4 heteroatoms. The van der Waals surface area contributed by atoms with E-state index in [1.807, 2.05) is 37.3 Å². The van der Waals surface area contributed by atoms with Gasteiger partial charge in [-0.15, -0.1) is 0 Å². The lowest BCUT2D eigenvalue weighted by atomic mass is 9.99. The lowest BCUT2D eigenvalue weighted by molar-refractivity contribution is -0.385. The summed E-state index contributed by atoms with van der Waals surface area (Å²) >= 11 is 0. The summed E-state index contributed by atoms with van der Waals surface area (Å²) in [5, 5.41) is 21.1.